The molecule has 4 N–H and O–H groups in total. The molecule has 0 bridgehead atoms. The number of nitrogens with one attached hydrogen (secondary N) is 2. The molecule has 0 aromatic carbocycles. The van der Waals surface area contributed by atoms with Gasteiger partial charge in [0.15, 0.2) is 0 Å². The topological polar surface area (TPSA) is 310 Å². The van der Waals surface area contributed by atoms with Crippen molar-refractivity contribution >= 4 is 57.1 Å². The summed E-state index contributed by atoms with van der Waals surface area (Å²) in [7, 11) is -9.69. The van der Waals surface area contributed by atoms with Gasteiger partial charge in [0.1, 0.15) is 48.8 Å². The quantitative estimate of drug-likeness (QED) is 0.0145. The number of unbranched alkanes of at least 4 members (excludes halogenated alkanes) is 40. The Kier molecular flexibility index (Phi) is 73.9. The molecule has 6 atom stereocenters. The van der Waals surface area contributed by atoms with Crippen LogP contribution in [0.15, 0.2) is 0 Å². The zero-order chi connectivity index (χ0) is 79.5. The van der Waals surface area contributed by atoms with Crippen LogP contribution in [0.1, 0.15) is 401 Å². The summed E-state index contributed by atoms with van der Waals surface area (Å²) < 4.78 is 82.0. The van der Waals surface area contributed by atoms with Crippen molar-refractivity contribution in [2.75, 3.05) is 65.9 Å². The van der Waals surface area contributed by atoms with Crippen molar-refractivity contribution in [3.05, 3.63) is 0 Å². The molecule has 0 heterocycles. The van der Waals surface area contributed by atoms with E-state index in [1.807, 2.05) is 0 Å². The summed E-state index contributed by atoms with van der Waals surface area (Å²) in [6.45, 7) is 9.84. The van der Waals surface area contributed by atoms with Gasteiger partial charge in [-0.25, -0.2) is 13.9 Å². The minimum atomic E-state index is -4.84. The smallest absolute Gasteiger partial charge is 0.462 e. The van der Waals surface area contributed by atoms with Gasteiger partial charge in [-0.3, -0.25) is 46.9 Å². The molecule has 0 spiro atoms. The maximum atomic E-state index is 13.2. The third kappa shape index (κ3) is 72.8. The number of amides is 2. The van der Waals surface area contributed by atoms with Crippen LogP contribution in [-0.2, 0) is 84.4 Å². The third-order valence-electron chi connectivity index (χ3n) is 19.1. The normalized spacial score (nSPS) is 13.8. The first kappa shape index (κ1) is 105. The molecule has 25 heteroatoms. The van der Waals surface area contributed by atoms with Gasteiger partial charge in [-0.15, -0.1) is 0 Å². The van der Waals surface area contributed by atoms with E-state index in [1.54, 1.807) is 0 Å². The Labute approximate surface area is 655 Å². The van der Waals surface area contributed by atoms with Gasteiger partial charge in [-0.05, 0) is 51.4 Å². The fourth-order valence-electron chi connectivity index (χ4n) is 12.6. The fraction of sp³-hybridized carbons (Fsp3) is 0.916. The Bertz CT molecular complexity index is 2120. The van der Waals surface area contributed by atoms with Crippen LogP contribution in [-0.4, -0.2) is 142 Å². The Morgan fingerprint density at radius 2 is 0.528 bits per heavy atom. The minimum absolute atomic E-state index is 0.110. The standard InChI is InChI=1S/C83H158N2O21P2/c1-7-13-19-25-29-33-37-43-47-53-73(86)67-81(90)105-77(69-97-63-59-75(55-49-41-23-17-11-5)103-79(88)57-51-45-39-35-31-27-21-15-9-3)71-101-107(93,94)99-65-61-84-83(92)85-62-66-100-108(95,96)102-72-78(106-82(91)68-74(87)54-48-44-38-34-30-26-20-14-8-2)70-98-64-60-76(56-50-42-24-18-12-6)104-80(89)58-52-46-40-36-32-28-22-16-10-4/h75-78H,7-72H2,1-6H3,(H,93,94)(H,95,96)(H2,84,85,92)/t75-,76-,77-,78-/m1/s1. The second-order valence-electron chi connectivity index (χ2n) is 29.7. The number of hydrogen-bond acceptors (Lipinski definition) is 19. The van der Waals surface area contributed by atoms with E-state index in [-0.39, 0.29) is 75.9 Å². The van der Waals surface area contributed by atoms with Crippen LogP contribution in [0.25, 0.3) is 0 Å². The van der Waals surface area contributed by atoms with Gasteiger partial charge in [-0.1, -0.05) is 298 Å². The lowest BCUT2D eigenvalue weighted by Crippen LogP contribution is -2.38. The summed E-state index contributed by atoms with van der Waals surface area (Å²) in [6, 6.07) is -0.794. The summed E-state index contributed by atoms with van der Waals surface area (Å²) in [4.78, 5) is 112. The van der Waals surface area contributed by atoms with Crippen LogP contribution in [0.5, 0.6) is 0 Å². The van der Waals surface area contributed by atoms with Gasteiger partial charge < -0.3 is 48.8 Å². The maximum absolute atomic E-state index is 13.2. The van der Waals surface area contributed by atoms with Crippen molar-refractivity contribution in [2.45, 2.75) is 426 Å². The number of hydrogen-bond donors (Lipinski definition) is 4. The van der Waals surface area contributed by atoms with Crippen molar-refractivity contribution < 1.29 is 99.0 Å². The van der Waals surface area contributed by atoms with Crippen LogP contribution in [0.4, 0.5) is 4.79 Å². The maximum Gasteiger partial charge on any atom is 0.472 e. The van der Waals surface area contributed by atoms with Crippen molar-refractivity contribution in [3.63, 3.8) is 0 Å². The first-order valence-electron chi connectivity index (χ1n) is 43.5. The van der Waals surface area contributed by atoms with Crippen molar-refractivity contribution in [1.82, 2.24) is 10.6 Å². The first-order chi connectivity index (χ1) is 52.3. The van der Waals surface area contributed by atoms with E-state index < -0.39 is 97.3 Å². The Balaban J connectivity index is 5.68. The van der Waals surface area contributed by atoms with Crippen molar-refractivity contribution in [2.24, 2.45) is 0 Å². The lowest BCUT2D eigenvalue weighted by Gasteiger charge is -2.21. The Hall–Kier alpha value is -3.37. The zero-order valence-electron chi connectivity index (χ0n) is 69.0. The summed E-state index contributed by atoms with van der Waals surface area (Å²) in [6.07, 6.45) is 48.9. The molecular formula is C83H158N2O21P2. The highest BCUT2D eigenvalue weighted by molar-refractivity contribution is 7.47. The van der Waals surface area contributed by atoms with E-state index >= 15 is 0 Å². The molecule has 0 rings (SSSR count). The Morgan fingerprint density at radius 3 is 0.815 bits per heavy atom. The molecular weight excluding hydrogens is 1420 g/mol. The minimum Gasteiger partial charge on any atom is -0.462 e. The van der Waals surface area contributed by atoms with Gasteiger partial charge >= 0.3 is 45.6 Å². The molecule has 0 aliphatic carbocycles. The number of ketones is 2. The first-order valence-corrected chi connectivity index (χ1v) is 46.5. The molecule has 0 aliphatic rings. The largest absolute Gasteiger partial charge is 0.472 e. The highest BCUT2D eigenvalue weighted by Crippen LogP contribution is 2.44. The monoisotopic (exact) mass is 1580 g/mol. The summed E-state index contributed by atoms with van der Waals surface area (Å²) in [5, 5.41) is 4.85. The summed E-state index contributed by atoms with van der Waals surface area (Å²) in [5.74, 6) is -2.75. The van der Waals surface area contributed by atoms with Crippen LogP contribution in [0.3, 0.4) is 0 Å². The van der Waals surface area contributed by atoms with Gasteiger partial charge in [-0.2, -0.15) is 0 Å². The van der Waals surface area contributed by atoms with Crippen LogP contribution < -0.4 is 10.6 Å². The molecule has 0 fully saturated rings. The van der Waals surface area contributed by atoms with E-state index in [0.29, 0.717) is 51.4 Å². The van der Waals surface area contributed by atoms with Gasteiger partial charge in [0, 0.05) is 51.6 Å². The lowest BCUT2D eigenvalue weighted by molar-refractivity contribution is -0.158. The number of carbonyl (C=O) groups is 7. The molecule has 0 aromatic rings. The van der Waals surface area contributed by atoms with E-state index in [0.717, 1.165) is 167 Å². The second kappa shape index (κ2) is 76.3. The van der Waals surface area contributed by atoms with Crippen molar-refractivity contribution in [3.8, 4) is 0 Å². The molecule has 0 aromatic heterocycles. The van der Waals surface area contributed by atoms with E-state index in [9.17, 15) is 52.5 Å². The SMILES string of the molecule is CCCCCCCCCCCC(=O)CC(=O)O[C@H](COCC[C@@H](CCCCCCC)OC(=O)CCCCCCCCCCC)COP(=O)(O)OCCNC(=O)NCCOP(=O)(O)OC[C@@H](COCC[C@@H](CCCCCCC)OC(=O)CCCCCCCCCCC)OC(=O)CC(=O)CCCCCCCCCCC. The van der Waals surface area contributed by atoms with Gasteiger partial charge in [0.05, 0.1) is 52.9 Å². The van der Waals surface area contributed by atoms with E-state index in [2.05, 4.69) is 52.2 Å². The molecule has 0 saturated heterocycles. The molecule has 2 amide bonds. The van der Waals surface area contributed by atoms with E-state index in [4.69, 9.17) is 46.5 Å². The summed E-state index contributed by atoms with van der Waals surface area (Å²) in [5.41, 5.74) is 0. The number of esters is 4. The molecule has 23 nitrogen and oxygen atoms in total. The summed E-state index contributed by atoms with van der Waals surface area (Å²) >= 11 is 0. The van der Waals surface area contributed by atoms with Gasteiger partial charge in [0.2, 0.25) is 0 Å². The average Bonchev–Trinajstić information content (AvgIpc) is 0.914. The van der Waals surface area contributed by atoms with Crippen LogP contribution in [0.2, 0.25) is 0 Å². The van der Waals surface area contributed by atoms with Gasteiger partial charge in [0.25, 0.3) is 0 Å². The molecule has 636 valence electrons. The molecule has 2 unspecified atom stereocenters. The third-order valence-corrected chi connectivity index (χ3v) is 21.1. The highest BCUT2D eigenvalue weighted by Gasteiger charge is 2.29. The number of carbonyl (C=O) groups excluding carboxylic acids is 7. The van der Waals surface area contributed by atoms with Crippen LogP contribution >= 0.6 is 15.6 Å². The Morgan fingerprint density at radius 1 is 0.278 bits per heavy atom. The van der Waals surface area contributed by atoms with E-state index in [1.165, 1.54) is 116 Å². The number of urea groups is 1. The molecule has 0 radical (unpaired) electrons. The molecule has 108 heavy (non-hydrogen) atoms. The van der Waals surface area contributed by atoms with Crippen LogP contribution in [0, 0.1) is 0 Å². The highest BCUT2D eigenvalue weighted by atomic mass is 31.2. The fourth-order valence-corrected chi connectivity index (χ4v) is 14.1. The lowest BCUT2D eigenvalue weighted by atomic mass is 10.0. The zero-order valence-corrected chi connectivity index (χ0v) is 70.8. The molecule has 0 saturated carbocycles. The number of Topliss-reactive ketones (excluding diaryl/α,β-unsaturated/α-hetero) is 2. The number of phosphoric ester groups is 2. The van der Waals surface area contributed by atoms with Crippen molar-refractivity contribution in [1.29, 1.82) is 0 Å². The molecule has 0 aliphatic heterocycles. The second-order valence-corrected chi connectivity index (χ2v) is 32.6. The average molecular weight is 1580 g/mol. The number of phosphoric acid groups is 2. The number of ether oxygens (including phenoxy) is 6. The predicted molar refractivity (Wildman–Crippen MR) is 429 cm³/mol. The predicted octanol–water partition coefficient (Wildman–Crippen LogP) is 21.3. The number of rotatable bonds is 84.